The molecule has 2 aromatic rings. The largest absolute Gasteiger partial charge is 0.573 e. The van der Waals surface area contributed by atoms with Crippen LogP contribution in [0, 0.1) is 0 Å². The number of aromatic nitrogens is 2. The van der Waals surface area contributed by atoms with Gasteiger partial charge in [-0.05, 0) is 18.2 Å². The zero-order chi connectivity index (χ0) is 15.5. The Bertz CT molecular complexity index is 640. The molecule has 0 fully saturated rings. The van der Waals surface area contributed by atoms with Gasteiger partial charge in [-0.15, -0.1) is 19.8 Å². The number of rotatable bonds is 5. The summed E-state index contributed by atoms with van der Waals surface area (Å²) in [5.41, 5.74) is 0.159. The standard InChI is InChI=1S/C13H11BrF3N3O/c1-2-6-20-7-5-18-12(20)19-10-4-3-9(14)8-11(10)21-13(15,16)17/h2-5,7-8H,1,6H2,(H,18,19). The minimum absolute atomic E-state index is 0.159. The molecule has 0 radical (unpaired) electrons. The summed E-state index contributed by atoms with van der Waals surface area (Å²) in [5.74, 6) is 0.0503. The summed E-state index contributed by atoms with van der Waals surface area (Å²) in [6.07, 6.45) is 0.109. The predicted molar refractivity (Wildman–Crippen MR) is 76.5 cm³/mol. The lowest BCUT2D eigenvalue weighted by molar-refractivity contribution is -0.274. The first-order valence-electron chi connectivity index (χ1n) is 5.83. The number of nitrogens with one attached hydrogen (secondary N) is 1. The number of hydrogen-bond acceptors (Lipinski definition) is 3. The third-order valence-electron chi connectivity index (χ3n) is 2.46. The molecule has 4 nitrogen and oxygen atoms in total. The summed E-state index contributed by atoms with van der Waals surface area (Å²) in [4.78, 5) is 4.05. The van der Waals surface area contributed by atoms with E-state index in [9.17, 15) is 13.2 Å². The maximum Gasteiger partial charge on any atom is 0.573 e. The van der Waals surface area contributed by atoms with Crippen molar-refractivity contribution in [3.05, 3.63) is 47.7 Å². The maximum absolute atomic E-state index is 12.4. The van der Waals surface area contributed by atoms with Crippen molar-refractivity contribution >= 4 is 27.6 Å². The van der Waals surface area contributed by atoms with Gasteiger partial charge in [0.1, 0.15) is 0 Å². The van der Waals surface area contributed by atoms with Gasteiger partial charge in [0.25, 0.3) is 0 Å². The van der Waals surface area contributed by atoms with Gasteiger partial charge in [-0.3, -0.25) is 0 Å². The van der Waals surface area contributed by atoms with Crippen LogP contribution < -0.4 is 10.1 Å². The van der Waals surface area contributed by atoms with E-state index in [2.05, 4.69) is 37.5 Å². The van der Waals surface area contributed by atoms with Gasteiger partial charge in [-0.25, -0.2) is 4.98 Å². The first-order chi connectivity index (χ1) is 9.89. The van der Waals surface area contributed by atoms with E-state index in [1.807, 2.05) is 0 Å². The number of benzene rings is 1. The number of anilines is 2. The van der Waals surface area contributed by atoms with E-state index in [-0.39, 0.29) is 11.4 Å². The van der Waals surface area contributed by atoms with E-state index in [1.54, 1.807) is 22.9 Å². The van der Waals surface area contributed by atoms with E-state index in [0.717, 1.165) is 0 Å². The third-order valence-corrected chi connectivity index (χ3v) is 2.95. The highest BCUT2D eigenvalue weighted by Gasteiger charge is 2.32. The molecule has 0 atom stereocenters. The molecule has 1 aromatic heterocycles. The summed E-state index contributed by atoms with van der Waals surface area (Å²) in [6, 6.07) is 4.31. The monoisotopic (exact) mass is 361 g/mol. The molecular formula is C13H11BrF3N3O. The van der Waals surface area contributed by atoms with Crippen LogP contribution in [0.3, 0.4) is 0 Å². The molecule has 1 aromatic carbocycles. The van der Waals surface area contributed by atoms with Crippen LogP contribution in [-0.2, 0) is 6.54 Å². The predicted octanol–water partition coefficient (Wildman–Crippen LogP) is 4.47. The van der Waals surface area contributed by atoms with E-state index in [1.165, 1.54) is 18.3 Å². The molecule has 0 unspecified atom stereocenters. The van der Waals surface area contributed by atoms with Crippen LogP contribution in [0.5, 0.6) is 5.75 Å². The van der Waals surface area contributed by atoms with Gasteiger partial charge in [0, 0.05) is 23.4 Å². The Morgan fingerprint density at radius 2 is 2.19 bits per heavy atom. The number of alkyl halides is 3. The zero-order valence-corrected chi connectivity index (χ0v) is 12.3. The molecule has 0 saturated carbocycles. The van der Waals surface area contributed by atoms with Gasteiger partial charge < -0.3 is 14.6 Å². The summed E-state index contributed by atoms with van der Waals surface area (Å²) in [6.45, 7) is 4.09. The van der Waals surface area contributed by atoms with Crippen molar-refractivity contribution in [3.63, 3.8) is 0 Å². The smallest absolute Gasteiger partial charge is 0.404 e. The van der Waals surface area contributed by atoms with Gasteiger partial charge in [0.05, 0.1) is 5.69 Å². The normalized spacial score (nSPS) is 11.2. The lowest BCUT2D eigenvalue weighted by atomic mass is 10.3. The fraction of sp³-hybridized carbons (Fsp3) is 0.154. The zero-order valence-electron chi connectivity index (χ0n) is 10.7. The highest BCUT2D eigenvalue weighted by molar-refractivity contribution is 9.10. The molecular weight excluding hydrogens is 351 g/mol. The van der Waals surface area contributed by atoms with Gasteiger partial charge in [-0.1, -0.05) is 22.0 Å². The Balaban J connectivity index is 2.30. The number of allylic oxidation sites excluding steroid dienone is 1. The highest BCUT2D eigenvalue weighted by atomic mass is 79.9. The Kier molecular flexibility index (Phi) is 4.56. The maximum atomic E-state index is 12.4. The van der Waals surface area contributed by atoms with Crippen LogP contribution in [0.1, 0.15) is 0 Å². The molecule has 2 rings (SSSR count). The van der Waals surface area contributed by atoms with Crippen LogP contribution >= 0.6 is 15.9 Å². The van der Waals surface area contributed by atoms with Crippen LogP contribution in [0.25, 0.3) is 0 Å². The second kappa shape index (κ2) is 6.21. The van der Waals surface area contributed by atoms with E-state index < -0.39 is 6.36 Å². The van der Waals surface area contributed by atoms with Crippen molar-refractivity contribution in [2.24, 2.45) is 0 Å². The minimum Gasteiger partial charge on any atom is -0.404 e. The van der Waals surface area contributed by atoms with Crippen LogP contribution in [0.15, 0.2) is 47.7 Å². The molecule has 1 heterocycles. The van der Waals surface area contributed by atoms with Gasteiger partial charge in [-0.2, -0.15) is 0 Å². The van der Waals surface area contributed by atoms with Crippen LogP contribution in [0.4, 0.5) is 24.8 Å². The molecule has 21 heavy (non-hydrogen) atoms. The molecule has 0 amide bonds. The lowest BCUT2D eigenvalue weighted by Crippen LogP contribution is -2.18. The van der Waals surface area contributed by atoms with Crippen molar-refractivity contribution in [3.8, 4) is 5.75 Å². The van der Waals surface area contributed by atoms with E-state index in [4.69, 9.17) is 0 Å². The molecule has 0 aliphatic carbocycles. The number of nitrogens with zero attached hydrogens (tertiary/aromatic N) is 2. The number of ether oxygens (including phenoxy) is 1. The molecule has 0 spiro atoms. The summed E-state index contributed by atoms with van der Waals surface area (Å²) >= 11 is 3.11. The molecule has 8 heteroatoms. The number of hydrogen-bond donors (Lipinski definition) is 1. The second-order valence-corrected chi connectivity index (χ2v) is 4.92. The Morgan fingerprint density at radius 1 is 1.43 bits per heavy atom. The fourth-order valence-electron chi connectivity index (χ4n) is 1.65. The highest BCUT2D eigenvalue weighted by Crippen LogP contribution is 2.34. The quantitative estimate of drug-likeness (QED) is 0.798. The average molecular weight is 362 g/mol. The molecule has 112 valence electrons. The summed E-state index contributed by atoms with van der Waals surface area (Å²) in [5, 5.41) is 2.81. The Hall–Kier alpha value is -1.96. The number of halogens is 4. The fourth-order valence-corrected chi connectivity index (χ4v) is 1.99. The number of imidazole rings is 1. The van der Waals surface area contributed by atoms with Gasteiger partial charge in [0.15, 0.2) is 5.75 Å². The lowest BCUT2D eigenvalue weighted by Gasteiger charge is -2.15. The molecule has 0 aliphatic heterocycles. The Labute approximate surface area is 127 Å². The van der Waals surface area contributed by atoms with Gasteiger partial charge in [0.2, 0.25) is 5.95 Å². The first-order valence-corrected chi connectivity index (χ1v) is 6.62. The summed E-state index contributed by atoms with van der Waals surface area (Å²) in [7, 11) is 0. The average Bonchev–Trinajstić information content (AvgIpc) is 2.79. The second-order valence-electron chi connectivity index (χ2n) is 4.01. The van der Waals surface area contributed by atoms with Crippen molar-refractivity contribution < 1.29 is 17.9 Å². The van der Waals surface area contributed by atoms with Crippen molar-refractivity contribution in [2.45, 2.75) is 12.9 Å². The molecule has 0 bridgehead atoms. The van der Waals surface area contributed by atoms with E-state index >= 15 is 0 Å². The summed E-state index contributed by atoms with van der Waals surface area (Å²) < 4.78 is 43.5. The Morgan fingerprint density at radius 3 is 2.86 bits per heavy atom. The van der Waals surface area contributed by atoms with E-state index in [0.29, 0.717) is 17.0 Å². The minimum atomic E-state index is -4.77. The first kappa shape index (κ1) is 15.4. The topological polar surface area (TPSA) is 39.1 Å². The molecule has 0 aliphatic rings. The van der Waals surface area contributed by atoms with Gasteiger partial charge >= 0.3 is 6.36 Å². The third kappa shape index (κ3) is 4.25. The molecule has 0 saturated heterocycles. The van der Waals surface area contributed by atoms with Crippen molar-refractivity contribution in [1.29, 1.82) is 0 Å². The molecule has 1 N–H and O–H groups in total. The van der Waals surface area contributed by atoms with Crippen molar-refractivity contribution in [2.75, 3.05) is 5.32 Å². The van der Waals surface area contributed by atoms with Crippen LogP contribution in [-0.4, -0.2) is 15.9 Å². The van der Waals surface area contributed by atoms with Crippen LogP contribution in [0.2, 0.25) is 0 Å². The SMILES string of the molecule is C=CCn1ccnc1Nc1ccc(Br)cc1OC(F)(F)F. The van der Waals surface area contributed by atoms with Crippen molar-refractivity contribution in [1.82, 2.24) is 9.55 Å².